The number of rotatable bonds is 8. The Kier molecular flexibility index (Phi) is 11.2. The fraction of sp³-hybridized carbons (Fsp3) is 0.933. The molecule has 1 aliphatic heterocycles. The molecule has 1 atom stereocenters. The average Bonchev–Trinajstić information content (AvgIpc) is 2.41. The molecule has 1 heterocycles. The summed E-state index contributed by atoms with van der Waals surface area (Å²) < 4.78 is 0. The van der Waals surface area contributed by atoms with Crippen LogP contribution in [0.1, 0.15) is 52.4 Å². The summed E-state index contributed by atoms with van der Waals surface area (Å²) in [4.78, 5) is 16.8. The van der Waals surface area contributed by atoms with Crippen LogP contribution in [0.5, 0.6) is 0 Å². The van der Waals surface area contributed by atoms with Crippen molar-refractivity contribution in [3.63, 3.8) is 0 Å². The molecule has 1 fully saturated rings. The molecule has 0 saturated carbocycles. The normalized spacial score (nSPS) is 19.4. The topological polar surface area (TPSA) is 49.6 Å². The Morgan fingerprint density at radius 2 is 1.90 bits per heavy atom. The van der Waals surface area contributed by atoms with Gasteiger partial charge in [0.1, 0.15) is 0 Å². The van der Waals surface area contributed by atoms with Crippen molar-refractivity contribution in [3.8, 4) is 0 Å². The van der Waals surface area contributed by atoms with Gasteiger partial charge in [-0.15, -0.1) is 12.4 Å². The number of nitrogens with zero attached hydrogens (tertiary/aromatic N) is 2. The summed E-state index contributed by atoms with van der Waals surface area (Å²) in [6.07, 6.45) is 6.80. The summed E-state index contributed by atoms with van der Waals surface area (Å²) in [7, 11) is 0. The van der Waals surface area contributed by atoms with Crippen molar-refractivity contribution in [2.45, 2.75) is 58.4 Å². The zero-order valence-electron chi connectivity index (χ0n) is 13.1. The summed E-state index contributed by atoms with van der Waals surface area (Å²) in [5.74, 6) is 0.299. The van der Waals surface area contributed by atoms with Crippen LogP contribution in [-0.2, 0) is 4.79 Å². The van der Waals surface area contributed by atoms with Crippen LogP contribution in [0.25, 0.3) is 0 Å². The van der Waals surface area contributed by atoms with Crippen LogP contribution in [-0.4, -0.2) is 54.5 Å². The Bertz CT molecular complexity index is 256. The van der Waals surface area contributed by atoms with E-state index in [1.807, 2.05) is 4.90 Å². The number of hydrogen-bond donors (Lipinski definition) is 1. The Morgan fingerprint density at radius 1 is 1.25 bits per heavy atom. The molecule has 4 nitrogen and oxygen atoms in total. The maximum Gasteiger partial charge on any atom is 0.236 e. The number of likely N-dealkylation sites (tertiary alicyclic amines) is 1. The van der Waals surface area contributed by atoms with Crippen LogP contribution in [0.2, 0.25) is 0 Å². The van der Waals surface area contributed by atoms with Crippen LogP contribution in [0.4, 0.5) is 0 Å². The zero-order valence-corrected chi connectivity index (χ0v) is 14.0. The average molecular weight is 306 g/mol. The van der Waals surface area contributed by atoms with Crippen molar-refractivity contribution in [1.82, 2.24) is 9.80 Å². The molecule has 1 saturated heterocycles. The van der Waals surface area contributed by atoms with E-state index in [-0.39, 0.29) is 12.4 Å². The first-order valence-corrected chi connectivity index (χ1v) is 7.94. The van der Waals surface area contributed by atoms with E-state index in [1.54, 1.807) is 0 Å². The van der Waals surface area contributed by atoms with Gasteiger partial charge in [-0.1, -0.05) is 20.3 Å². The van der Waals surface area contributed by atoms with Gasteiger partial charge >= 0.3 is 0 Å². The first-order chi connectivity index (χ1) is 9.22. The van der Waals surface area contributed by atoms with Gasteiger partial charge in [0.2, 0.25) is 5.91 Å². The molecule has 0 bridgehead atoms. The molecule has 0 spiro atoms. The third kappa shape index (κ3) is 6.42. The van der Waals surface area contributed by atoms with E-state index in [0.717, 1.165) is 45.4 Å². The Hall–Kier alpha value is -0.320. The minimum Gasteiger partial charge on any atom is -0.342 e. The lowest BCUT2D eigenvalue weighted by molar-refractivity contribution is -0.133. The molecule has 1 unspecified atom stereocenters. The van der Waals surface area contributed by atoms with E-state index in [0.29, 0.717) is 18.5 Å². The SMILES string of the molecule is CCCN(CCC)C(=O)CN1CCCCC1CCN.Cl. The molecule has 120 valence electrons. The Labute approximate surface area is 130 Å². The Balaban J connectivity index is 0.00000361. The van der Waals surface area contributed by atoms with Gasteiger partial charge in [-0.05, 0) is 45.2 Å². The molecular formula is C15H32ClN3O. The van der Waals surface area contributed by atoms with Gasteiger partial charge < -0.3 is 10.6 Å². The third-order valence-corrected chi connectivity index (χ3v) is 3.93. The van der Waals surface area contributed by atoms with E-state index in [1.165, 1.54) is 19.3 Å². The lowest BCUT2D eigenvalue weighted by atomic mass is 9.99. The van der Waals surface area contributed by atoms with Crippen molar-refractivity contribution >= 4 is 18.3 Å². The predicted molar refractivity (Wildman–Crippen MR) is 87.3 cm³/mol. The first-order valence-electron chi connectivity index (χ1n) is 7.94. The summed E-state index contributed by atoms with van der Waals surface area (Å²) >= 11 is 0. The van der Waals surface area contributed by atoms with Gasteiger partial charge in [-0.3, -0.25) is 9.69 Å². The van der Waals surface area contributed by atoms with Gasteiger partial charge in [-0.2, -0.15) is 0 Å². The number of hydrogen-bond acceptors (Lipinski definition) is 3. The lowest BCUT2D eigenvalue weighted by Crippen LogP contribution is -2.47. The van der Waals surface area contributed by atoms with Crippen molar-refractivity contribution in [3.05, 3.63) is 0 Å². The molecule has 5 heteroatoms. The number of piperidine rings is 1. The van der Waals surface area contributed by atoms with Crippen LogP contribution >= 0.6 is 12.4 Å². The predicted octanol–water partition coefficient (Wildman–Crippen LogP) is 2.26. The van der Waals surface area contributed by atoms with Crippen LogP contribution < -0.4 is 5.73 Å². The standard InChI is InChI=1S/C15H31N3O.ClH/c1-3-10-17(11-4-2)15(19)13-18-12-6-5-7-14(18)8-9-16;/h14H,3-13,16H2,1-2H3;1H. The summed E-state index contributed by atoms with van der Waals surface area (Å²) in [5, 5.41) is 0. The number of carbonyl (C=O) groups excluding carboxylic acids is 1. The second-order valence-electron chi connectivity index (χ2n) is 5.58. The number of nitrogens with two attached hydrogens (primary N) is 1. The van der Waals surface area contributed by atoms with Crippen LogP contribution in [0, 0.1) is 0 Å². The third-order valence-electron chi connectivity index (χ3n) is 3.93. The minimum absolute atomic E-state index is 0. The summed E-state index contributed by atoms with van der Waals surface area (Å²) in [5.41, 5.74) is 5.69. The first kappa shape index (κ1) is 19.7. The highest BCUT2D eigenvalue weighted by Crippen LogP contribution is 2.19. The van der Waals surface area contributed by atoms with E-state index >= 15 is 0 Å². The fourth-order valence-corrected chi connectivity index (χ4v) is 2.96. The number of halogens is 1. The molecule has 0 aromatic heterocycles. The van der Waals surface area contributed by atoms with Gasteiger partial charge in [0, 0.05) is 19.1 Å². The van der Waals surface area contributed by atoms with E-state index in [2.05, 4.69) is 18.7 Å². The number of amides is 1. The minimum atomic E-state index is 0. The molecule has 20 heavy (non-hydrogen) atoms. The lowest BCUT2D eigenvalue weighted by Gasteiger charge is -2.36. The number of carbonyl (C=O) groups is 1. The molecule has 0 aromatic rings. The van der Waals surface area contributed by atoms with Crippen molar-refractivity contribution < 1.29 is 4.79 Å². The maximum atomic E-state index is 12.4. The van der Waals surface area contributed by atoms with Crippen molar-refractivity contribution in [2.24, 2.45) is 5.73 Å². The molecule has 1 amide bonds. The zero-order chi connectivity index (χ0) is 14.1. The second-order valence-corrected chi connectivity index (χ2v) is 5.58. The van der Waals surface area contributed by atoms with Gasteiger partial charge in [0.05, 0.1) is 6.54 Å². The molecule has 2 N–H and O–H groups in total. The fourth-order valence-electron chi connectivity index (χ4n) is 2.96. The van der Waals surface area contributed by atoms with Gasteiger partial charge in [0.25, 0.3) is 0 Å². The quantitative estimate of drug-likeness (QED) is 0.748. The maximum absolute atomic E-state index is 12.4. The Morgan fingerprint density at radius 3 is 2.45 bits per heavy atom. The molecule has 1 aliphatic rings. The van der Waals surface area contributed by atoms with Crippen molar-refractivity contribution in [1.29, 1.82) is 0 Å². The van der Waals surface area contributed by atoms with Crippen LogP contribution in [0.3, 0.4) is 0 Å². The highest BCUT2D eigenvalue weighted by atomic mass is 35.5. The molecule has 0 radical (unpaired) electrons. The molecule has 0 aliphatic carbocycles. The summed E-state index contributed by atoms with van der Waals surface area (Å²) in [6, 6.07) is 0.521. The second kappa shape index (κ2) is 11.4. The molecule has 1 rings (SSSR count). The van der Waals surface area contributed by atoms with E-state index < -0.39 is 0 Å². The monoisotopic (exact) mass is 305 g/mol. The van der Waals surface area contributed by atoms with E-state index in [4.69, 9.17) is 5.73 Å². The smallest absolute Gasteiger partial charge is 0.236 e. The van der Waals surface area contributed by atoms with Gasteiger partial charge in [-0.25, -0.2) is 0 Å². The largest absolute Gasteiger partial charge is 0.342 e. The van der Waals surface area contributed by atoms with Gasteiger partial charge in [0.15, 0.2) is 0 Å². The van der Waals surface area contributed by atoms with Crippen LogP contribution in [0.15, 0.2) is 0 Å². The highest BCUT2D eigenvalue weighted by Gasteiger charge is 2.25. The molecular weight excluding hydrogens is 274 g/mol. The summed E-state index contributed by atoms with van der Waals surface area (Å²) in [6.45, 7) is 8.42. The van der Waals surface area contributed by atoms with E-state index in [9.17, 15) is 4.79 Å². The van der Waals surface area contributed by atoms with Crippen molar-refractivity contribution in [2.75, 3.05) is 32.7 Å². The molecule has 0 aromatic carbocycles. The highest BCUT2D eigenvalue weighted by molar-refractivity contribution is 5.85.